The highest BCUT2D eigenvalue weighted by Gasteiger charge is 2.29. The minimum atomic E-state index is -4.16. The van der Waals surface area contributed by atoms with Gasteiger partial charge in [0, 0.05) is 39.7 Å². The van der Waals surface area contributed by atoms with Crippen LogP contribution in [0.2, 0.25) is 0 Å². The first kappa shape index (κ1) is 29.2. The van der Waals surface area contributed by atoms with Crippen LogP contribution in [0, 0.1) is 24.0 Å². The van der Waals surface area contributed by atoms with Gasteiger partial charge < -0.3 is 10.4 Å². The number of fused-ring (bicyclic) bond motifs is 1. The number of carboxylic acid groups (broad SMARTS) is 1. The van der Waals surface area contributed by atoms with Gasteiger partial charge in [-0.05, 0) is 30.5 Å². The molecule has 0 saturated heterocycles. The monoisotopic (exact) mass is 591 g/mol. The van der Waals surface area contributed by atoms with E-state index in [-0.39, 0.29) is 38.9 Å². The van der Waals surface area contributed by atoms with E-state index in [2.05, 4.69) is 20.3 Å². The summed E-state index contributed by atoms with van der Waals surface area (Å²) >= 11 is 0. The average Bonchev–Trinajstić information content (AvgIpc) is 3.23. The molecule has 4 rings (SSSR count). The Bertz CT molecular complexity index is 1720. The molecule has 0 aliphatic rings. The van der Waals surface area contributed by atoms with Crippen LogP contribution in [-0.4, -0.2) is 60.2 Å². The molecular formula is C26H27F2N5O5S2. The van der Waals surface area contributed by atoms with Crippen molar-refractivity contribution in [3.8, 4) is 11.4 Å². The maximum absolute atomic E-state index is 14.9. The van der Waals surface area contributed by atoms with E-state index in [1.807, 2.05) is 6.92 Å². The third kappa shape index (κ3) is 6.17. The molecule has 0 radical (unpaired) electrons. The maximum atomic E-state index is 14.9. The zero-order chi connectivity index (χ0) is 29.4. The van der Waals surface area contributed by atoms with Crippen LogP contribution in [0.25, 0.3) is 22.4 Å². The van der Waals surface area contributed by atoms with Crippen LogP contribution < -0.4 is 5.32 Å². The van der Waals surface area contributed by atoms with E-state index in [1.165, 1.54) is 18.3 Å². The summed E-state index contributed by atoms with van der Waals surface area (Å²) in [6, 6.07) is 6.60. The molecule has 0 fully saturated rings. The number of pyridine rings is 1. The first-order valence-corrected chi connectivity index (χ1v) is 14.9. The lowest BCUT2D eigenvalue weighted by Crippen LogP contribution is -2.40. The topological polar surface area (TPSA) is 144 Å². The molecule has 0 aliphatic carbocycles. The molecule has 0 spiro atoms. The number of aromatic nitrogens is 4. The second kappa shape index (κ2) is 11.0. The van der Waals surface area contributed by atoms with Crippen molar-refractivity contribution in [2.75, 3.05) is 16.8 Å². The van der Waals surface area contributed by atoms with Crippen molar-refractivity contribution in [1.29, 1.82) is 0 Å². The number of carbonyl (C=O) groups is 1. The number of anilines is 1. The highest BCUT2D eigenvalue weighted by Crippen LogP contribution is 2.32. The van der Waals surface area contributed by atoms with Crippen molar-refractivity contribution in [2.24, 2.45) is 5.41 Å². The normalized spacial score (nSPS) is 13.8. The Morgan fingerprint density at radius 3 is 2.45 bits per heavy atom. The van der Waals surface area contributed by atoms with Crippen LogP contribution in [0.5, 0.6) is 0 Å². The molecule has 10 nitrogen and oxygen atoms in total. The van der Waals surface area contributed by atoms with E-state index in [0.29, 0.717) is 0 Å². The highest BCUT2D eigenvalue weighted by atomic mass is 32.2. The highest BCUT2D eigenvalue weighted by molar-refractivity contribution is 7.90. The molecule has 3 heterocycles. The summed E-state index contributed by atoms with van der Waals surface area (Å²) in [5, 5.41) is 12.0. The van der Waals surface area contributed by atoms with Gasteiger partial charge in [-0.1, -0.05) is 38.5 Å². The first-order valence-electron chi connectivity index (χ1n) is 12.0. The van der Waals surface area contributed by atoms with E-state index in [4.69, 9.17) is 5.11 Å². The second-order valence-corrected chi connectivity index (χ2v) is 13.6. The molecule has 0 bridgehead atoms. The van der Waals surface area contributed by atoms with Gasteiger partial charge in [-0.2, -0.15) is 0 Å². The average molecular weight is 592 g/mol. The Morgan fingerprint density at radius 2 is 1.82 bits per heavy atom. The van der Waals surface area contributed by atoms with E-state index in [1.54, 1.807) is 32.9 Å². The molecule has 212 valence electrons. The van der Waals surface area contributed by atoms with Gasteiger partial charge in [-0.25, -0.2) is 36.1 Å². The smallest absolute Gasteiger partial charge is 0.316 e. The lowest BCUT2D eigenvalue weighted by atomic mass is 9.88. The van der Waals surface area contributed by atoms with E-state index >= 15 is 0 Å². The predicted molar refractivity (Wildman–Crippen MR) is 147 cm³/mol. The maximum Gasteiger partial charge on any atom is 0.316 e. The molecular weight excluding hydrogens is 564 g/mol. The van der Waals surface area contributed by atoms with Crippen LogP contribution >= 0.6 is 0 Å². The van der Waals surface area contributed by atoms with Gasteiger partial charge >= 0.3 is 5.97 Å². The third-order valence-electron chi connectivity index (χ3n) is 6.13. The zero-order valence-electron chi connectivity index (χ0n) is 22.1. The third-order valence-corrected chi connectivity index (χ3v) is 9.07. The molecule has 0 aliphatic heterocycles. The second-order valence-electron chi connectivity index (χ2n) is 10.3. The van der Waals surface area contributed by atoms with Crippen LogP contribution in [0.1, 0.15) is 26.3 Å². The summed E-state index contributed by atoms with van der Waals surface area (Å²) in [5.41, 5.74) is 0.285. The molecule has 14 heteroatoms. The number of hydrogen-bond acceptors (Lipinski definition) is 8. The van der Waals surface area contributed by atoms with Crippen molar-refractivity contribution >= 4 is 43.6 Å². The summed E-state index contributed by atoms with van der Waals surface area (Å²) in [6.45, 7) is 7.23. The summed E-state index contributed by atoms with van der Waals surface area (Å²) in [6.07, 6.45) is 2.96. The van der Waals surface area contributed by atoms with Crippen LogP contribution in [0.3, 0.4) is 0 Å². The van der Waals surface area contributed by atoms with E-state index in [0.717, 1.165) is 28.0 Å². The van der Waals surface area contributed by atoms with Gasteiger partial charge in [0.15, 0.2) is 23.1 Å². The lowest BCUT2D eigenvalue weighted by molar-refractivity contribution is -0.133. The van der Waals surface area contributed by atoms with E-state index in [9.17, 15) is 26.2 Å². The molecule has 4 aromatic rings. The van der Waals surface area contributed by atoms with Crippen molar-refractivity contribution < 1.29 is 31.3 Å². The standard InChI is InChI=1S/C26H27F2N5O5S2/c1-15-5-7-17(8-6-15)40(37,38)33-12-19(18-9-16(27)10-30-25(18)33)23-29-11-20(28)24(32-23)31-21(26(2,3)4)13-39(36)14-22(34)35/h5-12,21H,13-14H2,1-4H3,(H,34,35)(H,29,31,32)/t21-,39?/m1/s1. The molecule has 0 saturated carbocycles. The van der Waals surface area contributed by atoms with Crippen molar-refractivity contribution in [1.82, 2.24) is 18.9 Å². The predicted octanol–water partition coefficient (Wildman–Crippen LogP) is 3.98. The van der Waals surface area contributed by atoms with Crippen molar-refractivity contribution in [2.45, 2.75) is 38.6 Å². The largest absolute Gasteiger partial charge is 0.481 e. The Morgan fingerprint density at radius 1 is 1.15 bits per heavy atom. The number of nitrogens with one attached hydrogen (secondary N) is 1. The fraction of sp³-hybridized carbons (Fsp3) is 0.308. The molecule has 40 heavy (non-hydrogen) atoms. The zero-order valence-corrected chi connectivity index (χ0v) is 23.7. The van der Waals surface area contributed by atoms with Crippen molar-refractivity contribution in [3.63, 3.8) is 0 Å². The summed E-state index contributed by atoms with van der Waals surface area (Å²) in [4.78, 5) is 23.2. The Kier molecular flexibility index (Phi) is 8.04. The Labute approximate surface area is 232 Å². The van der Waals surface area contributed by atoms with Crippen LogP contribution in [0.15, 0.2) is 53.8 Å². The van der Waals surface area contributed by atoms with Crippen LogP contribution in [-0.2, 0) is 25.6 Å². The van der Waals surface area contributed by atoms with Crippen molar-refractivity contribution in [3.05, 3.63) is 66.1 Å². The number of halogens is 2. The first-order chi connectivity index (χ1) is 18.7. The Balaban J connectivity index is 1.81. The number of hydrogen-bond donors (Lipinski definition) is 2. The molecule has 1 unspecified atom stereocenters. The number of carboxylic acids is 1. The molecule has 0 amide bonds. The van der Waals surface area contributed by atoms with Gasteiger partial charge in [0.2, 0.25) is 0 Å². The van der Waals surface area contributed by atoms with Gasteiger partial charge in [0.05, 0.1) is 17.3 Å². The molecule has 1 aromatic carbocycles. The fourth-order valence-electron chi connectivity index (χ4n) is 3.89. The number of nitrogens with zero attached hydrogens (tertiary/aromatic N) is 4. The fourth-order valence-corrected chi connectivity index (χ4v) is 6.57. The lowest BCUT2D eigenvalue weighted by Gasteiger charge is -2.31. The van der Waals surface area contributed by atoms with Gasteiger partial charge in [0.25, 0.3) is 10.0 Å². The summed E-state index contributed by atoms with van der Waals surface area (Å²) < 4.78 is 69.4. The minimum absolute atomic E-state index is 0.0163. The number of aryl methyl sites for hydroxylation is 1. The SMILES string of the molecule is Cc1ccc(S(=O)(=O)n2cc(-c3ncc(F)c(N[C@H](CS(=O)CC(=O)O)C(C)(C)C)n3)c3cc(F)cnc32)cc1. The van der Waals surface area contributed by atoms with Gasteiger partial charge in [-0.15, -0.1) is 0 Å². The van der Waals surface area contributed by atoms with Gasteiger partial charge in [-0.3, -0.25) is 9.00 Å². The summed E-state index contributed by atoms with van der Waals surface area (Å²) in [7, 11) is -5.90. The molecule has 2 atom stereocenters. The molecule has 2 N–H and O–H groups in total. The number of benzene rings is 1. The number of aliphatic carboxylic acids is 1. The Hall–Kier alpha value is -3.78. The molecule has 3 aromatic heterocycles. The quantitative estimate of drug-likeness (QED) is 0.295. The summed E-state index contributed by atoms with van der Waals surface area (Å²) in [5.74, 6) is -3.85. The van der Waals surface area contributed by atoms with E-state index < -0.39 is 55.6 Å². The minimum Gasteiger partial charge on any atom is -0.481 e. The number of rotatable bonds is 9. The van der Waals surface area contributed by atoms with Gasteiger partial charge in [0.1, 0.15) is 11.6 Å². The van der Waals surface area contributed by atoms with Crippen LogP contribution in [0.4, 0.5) is 14.6 Å².